The number of hydrogen-bond acceptors (Lipinski definition) is 20. The SMILES string of the molecule is Cc1ncsc1-c1ccc(CNC(=O)[C@@H]2C[C@@H](O)CN2C(=O)[C@@H](NC(=O)CCC(=O)NCCOCCOCCNC(=O)N2CCN(CC[C@H](CSc3ccccc3)Nc3ccc(S(=O)(=O)NC(=O)c4ccc(N5CCN(CC6=C(c7ccc(Cl)cc7)CCC(C)(C)C6)CC5)cc4)cc3S(=O)(=O)C(F)(F)F)CC2)C(C)(C)C)cc1. The van der Waals surface area contributed by atoms with Crippen LogP contribution in [0.15, 0.2) is 147 Å². The lowest BCUT2D eigenvalue weighted by atomic mass is 9.73. The highest BCUT2D eigenvalue weighted by Crippen LogP contribution is 2.44. The Morgan fingerprint density at radius 1 is 0.761 bits per heavy atom. The van der Waals surface area contributed by atoms with Crippen molar-refractivity contribution in [2.75, 3.05) is 127 Å². The van der Waals surface area contributed by atoms with Crippen molar-refractivity contribution in [2.24, 2.45) is 10.8 Å². The Balaban J connectivity index is 0.621. The van der Waals surface area contributed by atoms with Gasteiger partial charge in [-0.3, -0.25) is 33.8 Å². The van der Waals surface area contributed by atoms with E-state index in [0.717, 1.165) is 83.3 Å². The summed E-state index contributed by atoms with van der Waals surface area (Å²) in [5.74, 6) is -2.72. The van der Waals surface area contributed by atoms with Crippen LogP contribution in [0.5, 0.6) is 0 Å². The van der Waals surface area contributed by atoms with Crippen molar-refractivity contribution in [3.8, 4) is 10.4 Å². The second-order valence-electron chi connectivity index (χ2n) is 30.6. The van der Waals surface area contributed by atoms with Gasteiger partial charge in [-0.25, -0.2) is 31.3 Å². The fraction of sp³-hybridized carbons (Fsp3) is 0.487. The Morgan fingerprint density at radius 2 is 1.41 bits per heavy atom. The van der Waals surface area contributed by atoms with Gasteiger partial charge in [-0.15, -0.1) is 23.1 Å². The fourth-order valence-corrected chi connectivity index (χ4v) is 18.0. The number of piperazine rings is 2. The first-order valence-corrected chi connectivity index (χ1v) is 43.1. The summed E-state index contributed by atoms with van der Waals surface area (Å²) in [5.41, 5.74) is 2.40. The Hall–Kier alpha value is -8.18. The maximum absolute atomic E-state index is 14.6. The monoisotopic (exact) mass is 1660 g/mol. The summed E-state index contributed by atoms with van der Waals surface area (Å²) in [6.45, 7) is 18.8. The van der Waals surface area contributed by atoms with E-state index in [1.54, 1.807) is 54.7 Å². The van der Waals surface area contributed by atoms with Crippen LogP contribution in [-0.2, 0) is 55.1 Å². The van der Waals surface area contributed by atoms with E-state index in [-0.39, 0.29) is 94.6 Å². The summed E-state index contributed by atoms with van der Waals surface area (Å²) in [6, 6.07) is 30.6. The molecule has 3 saturated heterocycles. The lowest BCUT2D eigenvalue weighted by Crippen LogP contribution is -2.57. The van der Waals surface area contributed by atoms with Crippen LogP contribution in [0.25, 0.3) is 16.0 Å². The van der Waals surface area contributed by atoms with Crippen LogP contribution in [0.1, 0.15) is 107 Å². The van der Waals surface area contributed by atoms with Gasteiger partial charge in [0.1, 0.15) is 17.0 Å². The largest absolute Gasteiger partial charge is 0.501 e. The van der Waals surface area contributed by atoms with Crippen molar-refractivity contribution in [3.63, 3.8) is 0 Å². The maximum atomic E-state index is 14.6. The molecule has 0 saturated carbocycles. The van der Waals surface area contributed by atoms with Crippen molar-refractivity contribution in [1.82, 2.24) is 50.6 Å². The number of nitrogens with one attached hydrogen (secondary N) is 6. The topological polar surface area (TPSA) is 311 Å². The van der Waals surface area contributed by atoms with Crippen LogP contribution in [0.3, 0.4) is 0 Å². The molecule has 0 bridgehead atoms. The number of halogens is 4. The van der Waals surface area contributed by atoms with Gasteiger partial charge >= 0.3 is 11.5 Å². The minimum Gasteiger partial charge on any atom is -0.391 e. The molecule has 4 aliphatic rings. The molecule has 7 N–H and O–H groups in total. The molecule has 0 radical (unpaired) electrons. The minimum atomic E-state index is -6.19. The Kier molecular flexibility index (Phi) is 30.4. The molecule has 3 fully saturated rings. The van der Waals surface area contributed by atoms with E-state index in [1.165, 1.54) is 45.5 Å². The van der Waals surface area contributed by atoms with Crippen molar-refractivity contribution >= 4 is 107 Å². The van der Waals surface area contributed by atoms with Gasteiger partial charge in [-0.2, -0.15) is 13.2 Å². The number of thioether (sulfide) groups is 1. The molecule has 0 spiro atoms. The number of anilines is 2. The molecule has 612 valence electrons. The van der Waals surface area contributed by atoms with E-state index in [0.29, 0.717) is 63.3 Å². The average Bonchev–Trinajstić information content (AvgIpc) is 1.43. The molecule has 4 atom stereocenters. The molecule has 33 heteroatoms. The average molecular weight is 1660 g/mol. The van der Waals surface area contributed by atoms with Crippen LogP contribution < -0.4 is 36.2 Å². The number of allylic oxidation sites excluding steroid dienone is 1. The predicted molar refractivity (Wildman–Crippen MR) is 432 cm³/mol. The van der Waals surface area contributed by atoms with Gasteiger partial charge in [0.2, 0.25) is 23.6 Å². The molecule has 1 aromatic heterocycles. The van der Waals surface area contributed by atoms with Crippen LogP contribution in [0.4, 0.5) is 29.3 Å². The van der Waals surface area contributed by atoms with Crippen LogP contribution >= 0.6 is 34.7 Å². The Labute approximate surface area is 672 Å². The summed E-state index contributed by atoms with van der Waals surface area (Å²) >= 11 is 9.15. The zero-order valence-corrected chi connectivity index (χ0v) is 68.5. The van der Waals surface area contributed by atoms with Crippen LogP contribution in [-0.4, -0.2) is 229 Å². The molecule has 25 nitrogen and oxygen atoms in total. The summed E-state index contributed by atoms with van der Waals surface area (Å²) in [4.78, 5) is 94.0. The van der Waals surface area contributed by atoms with E-state index in [2.05, 4.69) is 72.2 Å². The fourth-order valence-electron chi connectivity index (χ4n) is 14.1. The van der Waals surface area contributed by atoms with Crippen molar-refractivity contribution < 1.29 is 73.4 Å². The maximum Gasteiger partial charge on any atom is 0.501 e. The normalized spacial score (nSPS) is 17.8. The summed E-state index contributed by atoms with van der Waals surface area (Å²) in [6.07, 6.45) is 2.07. The summed E-state index contributed by atoms with van der Waals surface area (Å²) in [7, 11) is -11.1. The smallest absolute Gasteiger partial charge is 0.391 e. The highest BCUT2D eigenvalue weighted by atomic mass is 35.5. The quantitative estimate of drug-likeness (QED) is 0.0146. The van der Waals surface area contributed by atoms with Gasteiger partial charge in [0, 0.05) is 144 Å². The van der Waals surface area contributed by atoms with Gasteiger partial charge in [-0.1, -0.05) is 106 Å². The molecule has 4 heterocycles. The molecule has 10 rings (SSSR count). The van der Waals surface area contributed by atoms with E-state index < -0.39 is 100 Å². The van der Waals surface area contributed by atoms with Gasteiger partial charge in [0.25, 0.3) is 25.8 Å². The number of aliphatic hydroxyl groups excluding tert-OH is 1. The van der Waals surface area contributed by atoms with Crippen molar-refractivity contribution in [1.29, 1.82) is 0 Å². The lowest BCUT2D eigenvalue weighted by Gasteiger charge is -2.39. The van der Waals surface area contributed by atoms with Gasteiger partial charge in [0.15, 0.2) is 0 Å². The number of urea groups is 1. The van der Waals surface area contributed by atoms with Crippen molar-refractivity contribution in [3.05, 3.63) is 160 Å². The number of sulfone groups is 1. The number of carbonyl (C=O) groups is 6. The summed E-state index contributed by atoms with van der Waals surface area (Å²) in [5, 5.41) is 25.5. The number of sulfonamides is 1. The Bertz CT molecular complexity index is 4520. The molecule has 113 heavy (non-hydrogen) atoms. The van der Waals surface area contributed by atoms with Gasteiger partial charge < -0.3 is 55.9 Å². The number of likely N-dealkylation sites (tertiary alicyclic amines) is 1. The number of ether oxygens (including phenoxy) is 2. The predicted octanol–water partition coefficient (Wildman–Crippen LogP) is 10.00. The molecule has 0 unspecified atom stereocenters. The first-order chi connectivity index (χ1) is 53.7. The third-order valence-corrected chi connectivity index (χ3v) is 25.7. The number of amides is 7. The highest BCUT2D eigenvalue weighted by molar-refractivity contribution is 7.99. The number of aliphatic hydroxyl groups is 1. The second-order valence-corrected chi connectivity index (χ2v) is 36.6. The van der Waals surface area contributed by atoms with Crippen LogP contribution in [0, 0.1) is 17.8 Å². The molecule has 1 aliphatic carbocycles. The number of benzene rings is 5. The minimum absolute atomic E-state index is 0.0340. The highest BCUT2D eigenvalue weighted by Gasteiger charge is 2.49. The number of thiazole rings is 1. The van der Waals surface area contributed by atoms with Gasteiger partial charge in [0.05, 0.1) is 59.2 Å². The number of rotatable bonds is 34. The standard InChI is InChI=1S/C80H102ClF3N12O13S4/c1-54-72(111-53-88-54)57-14-12-55(13-15-57)49-87-75(101)68-46-63(97)51-96(68)76(102)73(78(2,3)4)90-71(99)27-26-70(98)85-31-42-108-44-45-109-43-32-86-77(103)95-40-34-92(35-41-95)33-29-61(52-110-64-10-8-7-9-11-64)89-67-25-24-65(47-69(67)112(104,105)80(82,83)84)113(106,107)91-74(100)58-18-22-62(23-19-58)94-38-36-93(37-39-94)50-59-48-79(5,6)30-28-66(59)56-16-20-60(81)21-17-56/h7-25,47,53,61,63,68,73,89,97H,26-46,48-52H2,1-6H3,(H,85,98)(H,86,103)(H,87,101)(H,90,99)(H,91,100)/t61-,63-,68+,73-/m1/s1. The van der Waals surface area contributed by atoms with E-state index in [4.69, 9.17) is 21.1 Å². The third-order valence-electron chi connectivity index (χ3n) is 20.5. The van der Waals surface area contributed by atoms with Crippen molar-refractivity contribution in [2.45, 2.75) is 137 Å². The first-order valence-electron chi connectivity index (χ1n) is 37.9. The number of alkyl halides is 3. The molecule has 3 aliphatic heterocycles. The van der Waals surface area contributed by atoms with Gasteiger partial charge in [-0.05, 0) is 132 Å². The zero-order chi connectivity index (χ0) is 81.3. The third kappa shape index (κ3) is 24.7. The molecule has 6 aromatic rings. The van der Waals surface area contributed by atoms with E-state index in [1.807, 2.05) is 78.4 Å². The molecule has 5 aromatic carbocycles. The number of carbonyl (C=O) groups excluding carboxylic acids is 6. The number of nitrogens with zero attached hydrogens (tertiary/aromatic N) is 6. The molecular weight excluding hydrogens is 1560 g/mol. The number of hydrogen-bond donors (Lipinski definition) is 7. The van der Waals surface area contributed by atoms with E-state index in [9.17, 15) is 63.9 Å². The Morgan fingerprint density at radius 3 is 2.05 bits per heavy atom. The number of aryl methyl sites for hydroxylation is 1. The second kappa shape index (κ2) is 39.4. The van der Waals surface area contributed by atoms with E-state index >= 15 is 0 Å². The zero-order valence-electron chi connectivity index (χ0n) is 64.5. The first kappa shape index (κ1) is 87.2. The lowest BCUT2D eigenvalue weighted by molar-refractivity contribution is -0.144. The molecular formula is C80H102ClF3N12O13S4. The number of β-amino-alcohol motifs (C(OH)–C–C–N with tert-alkyl or cyclic N) is 1. The van der Waals surface area contributed by atoms with Crippen LogP contribution in [0.2, 0.25) is 5.02 Å². The summed E-state index contributed by atoms with van der Waals surface area (Å²) < 4.78 is 111. The molecule has 7 amide bonds. The number of aromatic nitrogens is 1.